The summed E-state index contributed by atoms with van der Waals surface area (Å²) in [5.74, 6) is 1.24. The molecule has 2 N–H and O–H groups in total. The topological polar surface area (TPSA) is 120 Å². The van der Waals surface area contributed by atoms with Gasteiger partial charge in [0.2, 0.25) is 5.88 Å². The molecule has 0 saturated heterocycles. The minimum atomic E-state index is -0.394. The number of nitrogen functional groups attached to an aromatic ring is 1. The quantitative estimate of drug-likeness (QED) is 0.496. The zero-order valence-electron chi connectivity index (χ0n) is 18.1. The molecular weight excluding hydrogens is 406 g/mol. The number of aryl methyl sites for hydroxylation is 1. The lowest BCUT2D eigenvalue weighted by molar-refractivity contribution is 0.0663. The predicted molar refractivity (Wildman–Crippen MR) is 120 cm³/mol. The van der Waals surface area contributed by atoms with Crippen LogP contribution in [0.15, 0.2) is 55.1 Å². The van der Waals surface area contributed by atoms with Crippen molar-refractivity contribution < 1.29 is 9.53 Å². The summed E-state index contributed by atoms with van der Waals surface area (Å²) in [5.41, 5.74) is 8.65. The second kappa shape index (κ2) is 8.93. The molecule has 3 heterocycles. The van der Waals surface area contributed by atoms with Crippen molar-refractivity contribution in [1.29, 1.82) is 0 Å². The molecule has 162 valence electrons. The van der Waals surface area contributed by atoms with Crippen molar-refractivity contribution in [2.75, 3.05) is 12.8 Å². The monoisotopic (exact) mass is 429 g/mol. The van der Waals surface area contributed by atoms with E-state index in [1.807, 2.05) is 26.0 Å². The molecule has 0 spiro atoms. The van der Waals surface area contributed by atoms with E-state index >= 15 is 0 Å². The van der Waals surface area contributed by atoms with Crippen LogP contribution in [0.4, 0.5) is 5.82 Å². The Kier molecular flexibility index (Phi) is 5.89. The molecule has 4 rings (SSSR count). The molecule has 0 bridgehead atoms. The van der Waals surface area contributed by atoms with Crippen LogP contribution >= 0.6 is 0 Å². The smallest absolute Gasteiger partial charge is 0.254 e. The van der Waals surface area contributed by atoms with Crippen molar-refractivity contribution in [3.8, 4) is 5.88 Å². The maximum Gasteiger partial charge on any atom is 0.254 e. The van der Waals surface area contributed by atoms with Crippen LogP contribution in [0.25, 0.3) is 10.9 Å². The van der Waals surface area contributed by atoms with E-state index in [4.69, 9.17) is 10.5 Å². The first-order chi connectivity index (χ1) is 15.5. The van der Waals surface area contributed by atoms with Crippen LogP contribution in [0.5, 0.6) is 5.88 Å². The Bertz CT molecular complexity index is 1250. The fourth-order valence-electron chi connectivity index (χ4n) is 3.35. The van der Waals surface area contributed by atoms with Gasteiger partial charge in [0.25, 0.3) is 5.91 Å². The molecule has 9 nitrogen and oxygen atoms in total. The summed E-state index contributed by atoms with van der Waals surface area (Å²) in [6.45, 7) is 4.00. The average Bonchev–Trinajstić information content (AvgIpc) is 2.83. The van der Waals surface area contributed by atoms with Gasteiger partial charge in [0, 0.05) is 23.3 Å². The zero-order valence-corrected chi connectivity index (χ0v) is 18.1. The van der Waals surface area contributed by atoms with Gasteiger partial charge in [-0.05, 0) is 49.7 Å². The van der Waals surface area contributed by atoms with Gasteiger partial charge in [-0.2, -0.15) is 0 Å². The second-order valence-electron chi connectivity index (χ2n) is 7.36. The van der Waals surface area contributed by atoms with Gasteiger partial charge in [-0.1, -0.05) is 0 Å². The number of hydrogen-bond acceptors (Lipinski definition) is 8. The number of aromatic nitrogens is 5. The summed E-state index contributed by atoms with van der Waals surface area (Å²) in [7, 11) is 1.53. The van der Waals surface area contributed by atoms with Crippen LogP contribution < -0.4 is 10.5 Å². The van der Waals surface area contributed by atoms with Crippen molar-refractivity contribution in [3.05, 3.63) is 77.8 Å². The minimum absolute atomic E-state index is 0.182. The van der Waals surface area contributed by atoms with E-state index in [9.17, 15) is 4.79 Å². The molecule has 0 fully saturated rings. The number of anilines is 1. The third-order valence-electron chi connectivity index (χ3n) is 5.20. The molecule has 1 amide bonds. The molecule has 0 aliphatic rings. The van der Waals surface area contributed by atoms with Gasteiger partial charge in [-0.25, -0.2) is 19.9 Å². The van der Waals surface area contributed by atoms with Crippen molar-refractivity contribution in [1.82, 2.24) is 29.8 Å². The summed E-state index contributed by atoms with van der Waals surface area (Å²) in [4.78, 5) is 36.9. The lowest BCUT2D eigenvalue weighted by Gasteiger charge is -2.28. The Morgan fingerprint density at radius 1 is 1.12 bits per heavy atom. The highest BCUT2D eigenvalue weighted by Crippen LogP contribution is 2.25. The van der Waals surface area contributed by atoms with E-state index in [-0.39, 0.29) is 12.5 Å². The number of amides is 1. The maximum atomic E-state index is 13.6. The highest BCUT2D eigenvalue weighted by molar-refractivity contribution is 5.98. The molecular formula is C23H23N7O2. The van der Waals surface area contributed by atoms with E-state index in [0.717, 1.165) is 16.5 Å². The van der Waals surface area contributed by atoms with Gasteiger partial charge < -0.3 is 15.4 Å². The number of fused-ring (bicyclic) bond motifs is 1. The molecule has 0 saturated carbocycles. The lowest BCUT2D eigenvalue weighted by atomic mass is 10.1. The van der Waals surface area contributed by atoms with Crippen LogP contribution in [0.1, 0.15) is 40.4 Å². The number of methoxy groups -OCH3 is 1. The normalized spacial score (nSPS) is 11.8. The number of benzene rings is 1. The van der Waals surface area contributed by atoms with Gasteiger partial charge in [0.15, 0.2) is 0 Å². The lowest BCUT2D eigenvalue weighted by Crippen LogP contribution is -2.34. The SMILES string of the molecule is COc1cnc(CN(C(=O)c2ccc3nc(N)c(C)cc3c2)C(C)c2ncccn2)cn1. The number of pyridine rings is 1. The maximum absolute atomic E-state index is 13.6. The highest BCUT2D eigenvalue weighted by atomic mass is 16.5. The molecule has 1 aromatic carbocycles. The first kappa shape index (κ1) is 21.1. The second-order valence-corrected chi connectivity index (χ2v) is 7.36. The van der Waals surface area contributed by atoms with Crippen molar-refractivity contribution in [2.24, 2.45) is 0 Å². The molecule has 1 atom stereocenters. The van der Waals surface area contributed by atoms with E-state index in [0.29, 0.717) is 28.8 Å². The number of carbonyl (C=O) groups is 1. The van der Waals surface area contributed by atoms with E-state index in [1.165, 1.54) is 13.3 Å². The van der Waals surface area contributed by atoms with Gasteiger partial charge >= 0.3 is 0 Å². The first-order valence-electron chi connectivity index (χ1n) is 10.1. The molecule has 4 aromatic rings. The molecule has 0 radical (unpaired) electrons. The van der Waals surface area contributed by atoms with E-state index in [1.54, 1.807) is 41.7 Å². The first-order valence-corrected chi connectivity index (χ1v) is 10.1. The van der Waals surface area contributed by atoms with E-state index in [2.05, 4.69) is 24.9 Å². The molecule has 32 heavy (non-hydrogen) atoms. The summed E-state index contributed by atoms with van der Waals surface area (Å²) in [5, 5.41) is 0.843. The molecule has 1 unspecified atom stereocenters. The average molecular weight is 429 g/mol. The van der Waals surface area contributed by atoms with Crippen LogP contribution in [0.2, 0.25) is 0 Å². The number of rotatable bonds is 6. The summed E-state index contributed by atoms with van der Waals surface area (Å²) < 4.78 is 5.08. The standard InChI is InChI=1S/C23H23N7O2/c1-14-9-17-10-16(5-6-19(17)29-21(14)24)23(31)30(15(2)22-25-7-4-8-26-22)13-18-11-28-20(32-3)12-27-18/h4-12,15H,13H2,1-3H3,(H2,24,29). The van der Waals surface area contributed by atoms with Crippen LogP contribution in [-0.2, 0) is 6.54 Å². The summed E-state index contributed by atoms with van der Waals surface area (Å²) in [6.07, 6.45) is 6.43. The largest absolute Gasteiger partial charge is 0.480 e. The fourth-order valence-corrected chi connectivity index (χ4v) is 3.35. The minimum Gasteiger partial charge on any atom is -0.480 e. The van der Waals surface area contributed by atoms with E-state index < -0.39 is 6.04 Å². The Morgan fingerprint density at radius 2 is 1.91 bits per heavy atom. The highest BCUT2D eigenvalue weighted by Gasteiger charge is 2.26. The molecule has 9 heteroatoms. The van der Waals surface area contributed by atoms with Crippen LogP contribution in [0, 0.1) is 6.92 Å². The third-order valence-corrected chi connectivity index (χ3v) is 5.20. The van der Waals surface area contributed by atoms with Gasteiger partial charge in [-0.3, -0.25) is 9.78 Å². The van der Waals surface area contributed by atoms with Crippen molar-refractivity contribution in [3.63, 3.8) is 0 Å². The van der Waals surface area contributed by atoms with Crippen molar-refractivity contribution >= 4 is 22.6 Å². The molecule has 0 aliphatic carbocycles. The number of nitrogens with zero attached hydrogens (tertiary/aromatic N) is 6. The fraction of sp³-hybridized carbons (Fsp3) is 0.217. The Balaban J connectivity index is 1.71. The third kappa shape index (κ3) is 4.31. The number of hydrogen-bond donors (Lipinski definition) is 1. The number of nitrogens with two attached hydrogens (primary N) is 1. The van der Waals surface area contributed by atoms with Gasteiger partial charge in [0.05, 0.1) is 43.3 Å². The molecule has 0 aliphatic heterocycles. The zero-order chi connectivity index (χ0) is 22.7. The number of ether oxygens (including phenoxy) is 1. The summed E-state index contributed by atoms with van der Waals surface area (Å²) in [6, 6.07) is 8.64. The van der Waals surface area contributed by atoms with Crippen molar-refractivity contribution in [2.45, 2.75) is 26.4 Å². The van der Waals surface area contributed by atoms with Gasteiger partial charge in [-0.15, -0.1) is 0 Å². The summed E-state index contributed by atoms with van der Waals surface area (Å²) >= 11 is 0. The predicted octanol–water partition coefficient (Wildman–Crippen LogP) is 3.12. The van der Waals surface area contributed by atoms with Crippen LogP contribution in [0.3, 0.4) is 0 Å². The van der Waals surface area contributed by atoms with Gasteiger partial charge in [0.1, 0.15) is 11.6 Å². The van der Waals surface area contributed by atoms with Crippen LogP contribution in [-0.4, -0.2) is 42.8 Å². The Hall–Kier alpha value is -4.14. The Morgan fingerprint density at radius 3 is 2.59 bits per heavy atom. The number of carbonyl (C=O) groups excluding carboxylic acids is 1. The molecule has 3 aromatic heterocycles. The Labute approximate surface area is 185 Å².